The lowest BCUT2D eigenvalue weighted by atomic mass is 10.1. The number of benzene rings is 3. The molecule has 0 aliphatic heterocycles. The number of para-hydroxylation sites is 1. The molecule has 1 heterocycles. The number of anilines is 2. The van der Waals surface area contributed by atoms with Gasteiger partial charge in [-0.05, 0) is 54.4 Å². The van der Waals surface area contributed by atoms with Crippen molar-refractivity contribution in [1.29, 1.82) is 0 Å². The summed E-state index contributed by atoms with van der Waals surface area (Å²) >= 11 is 1.53. The minimum absolute atomic E-state index is 0.128. The maximum absolute atomic E-state index is 12.3. The van der Waals surface area contributed by atoms with Gasteiger partial charge in [0, 0.05) is 23.2 Å². The van der Waals surface area contributed by atoms with Gasteiger partial charge in [0.1, 0.15) is 6.61 Å². The van der Waals surface area contributed by atoms with Crippen LogP contribution in [0.15, 0.2) is 72.1 Å². The monoisotopic (exact) mass is 503 g/mol. The fourth-order valence-electron chi connectivity index (χ4n) is 3.45. The molecule has 0 spiro atoms. The van der Waals surface area contributed by atoms with E-state index in [0.29, 0.717) is 23.6 Å². The zero-order valence-electron chi connectivity index (χ0n) is 19.8. The lowest BCUT2D eigenvalue weighted by Crippen LogP contribution is -2.19. The Balaban J connectivity index is 1.30. The third-order valence-corrected chi connectivity index (χ3v) is 6.24. The second kappa shape index (κ2) is 11.4. The predicted molar refractivity (Wildman–Crippen MR) is 139 cm³/mol. The Morgan fingerprint density at radius 2 is 1.78 bits per heavy atom. The van der Waals surface area contributed by atoms with Crippen molar-refractivity contribution in [3.63, 3.8) is 0 Å². The van der Waals surface area contributed by atoms with Gasteiger partial charge >= 0.3 is 12.0 Å². The van der Waals surface area contributed by atoms with E-state index in [1.54, 1.807) is 6.07 Å². The number of nitrogens with one attached hydrogen (secondary N) is 2. The van der Waals surface area contributed by atoms with Gasteiger partial charge in [-0.1, -0.05) is 30.3 Å². The van der Waals surface area contributed by atoms with Gasteiger partial charge in [-0.3, -0.25) is 0 Å². The van der Waals surface area contributed by atoms with Gasteiger partial charge in [0.2, 0.25) is 0 Å². The van der Waals surface area contributed by atoms with E-state index in [2.05, 4.69) is 15.6 Å². The number of aromatic carboxylic acids is 1. The maximum Gasteiger partial charge on any atom is 0.335 e. The molecule has 0 aliphatic carbocycles. The Labute approximate surface area is 212 Å². The lowest BCUT2D eigenvalue weighted by Gasteiger charge is -2.10. The second-order valence-corrected chi connectivity index (χ2v) is 8.90. The van der Waals surface area contributed by atoms with E-state index in [1.165, 1.54) is 30.6 Å². The molecular weight excluding hydrogens is 478 g/mol. The molecule has 0 saturated carbocycles. The van der Waals surface area contributed by atoms with E-state index in [-0.39, 0.29) is 18.2 Å². The number of amides is 2. The van der Waals surface area contributed by atoms with Gasteiger partial charge in [-0.2, -0.15) is 0 Å². The van der Waals surface area contributed by atoms with Crippen LogP contribution in [0.5, 0.6) is 11.5 Å². The number of aromatic nitrogens is 1. The number of nitrogens with zero attached hydrogens (tertiary/aromatic N) is 1. The highest BCUT2D eigenvalue weighted by molar-refractivity contribution is 7.09. The van der Waals surface area contributed by atoms with Crippen molar-refractivity contribution in [1.82, 2.24) is 4.98 Å². The fourth-order valence-corrected chi connectivity index (χ4v) is 4.26. The van der Waals surface area contributed by atoms with E-state index in [1.807, 2.05) is 60.8 Å². The molecule has 36 heavy (non-hydrogen) atoms. The number of rotatable bonds is 9. The molecule has 0 radical (unpaired) electrons. The number of ether oxygens (including phenoxy) is 2. The van der Waals surface area contributed by atoms with Crippen molar-refractivity contribution >= 4 is 34.7 Å². The molecule has 0 fully saturated rings. The molecule has 1 aromatic heterocycles. The summed E-state index contributed by atoms with van der Waals surface area (Å²) in [6, 6.07) is 19.4. The quantitative estimate of drug-likeness (QED) is 0.260. The number of hydrogen-bond donors (Lipinski definition) is 3. The minimum Gasteiger partial charge on any atom is -0.493 e. The lowest BCUT2D eigenvalue weighted by molar-refractivity contribution is 0.0696. The number of carbonyl (C=O) groups is 2. The van der Waals surface area contributed by atoms with Crippen LogP contribution in [0, 0.1) is 6.92 Å². The van der Waals surface area contributed by atoms with Gasteiger partial charge in [-0.25, -0.2) is 14.6 Å². The average molecular weight is 504 g/mol. The van der Waals surface area contributed by atoms with Gasteiger partial charge < -0.3 is 25.2 Å². The molecule has 0 bridgehead atoms. The number of thiazole rings is 1. The third-order valence-electron chi connectivity index (χ3n) is 5.35. The smallest absolute Gasteiger partial charge is 0.335 e. The molecule has 4 rings (SSSR count). The summed E-state index contributed by atoms with van der Waals surface area (Å²) < 4.78 is 11.0. The van der Waals surface area contributed by atoms with Crippen molar-refractivity contribution in [2.24, 2.45) is 0 Å². The SMILES string of the molecule is COc1cc(C(=O)O)ccc1OCc1csc(Cc2ccc(NC(=O)Nc3ccccc3C)cc2)n1. The Morgan fingerprint density at radius 1 is 1.00 bits per heavy atom. The summed E-state index contributed by atoms with van der Waals surface area (Å²) in [5, 5.41) is 17.7. The summed E-state index contributed by atoms with van der Waals surface area (Å²) in [5.74, 6) is -0.225. The molecule has 0 aliphatic rings. The van der Waals surface area contributed by atoms with Crippen LogP contribution < -0.4 is 20.1 Å². The summed E-state index contributed by atoms with van der Waals surface area (Å²) in [7, 11) is 1.46. The van der Waals surface area contributed by atoms with Crippen molar-refractivity contribution < 1.29 is 24.2 Å². The van der Waals surface area contributed by atoms with Crippen molar-refractivity contribution in [2.45, 2.75) is 20.0 Å². The van der Waals surface area contributed by atoms with E-state index in [4.69, 9.17) is 14.6 Å². The second-order valence-electron chi connectivity index (χ2n) is 7.96. The van der Waals surface area contributed by atoms with Crippen LogP contribution in [0.25, 0.3) is 0 Å². The molecule has 0 unspecified atom stereocenters. The first kappa shape index (κ1) is 24.7. The number of carboxylic acids is 1. The third kappa shape index (κ3) is 6.39. The number of carbonyl (C=O) groups excluding carboxylic acids is 1. The maximum atomic E-state index is 12.3. The Hall–Kier alpha value is -4.37. The molecule has 184 valence electrons. The summed E-state index contributed by atoms with van der Waals surface area (Å²) in [5.41, 5.74) is 4.42. The molecule has 0 saturated heterocycles. The number of carboxylic acid groups (broad SMARTS) is 1. The highest BCUT2D eigenvalue weighted by Gasteiger charge is 2.12. The van der Waals surface area contributed by atoms with Crippen LogP contribution in [0.1, 0.15) is 32.2 Å². The van der Waals surface area contributed by atoms with Crippen LogP contribution in [-0.2, 0) is 13.0 Å². The van der Waals surface area contributed by atoms with E-state index in [0.717, 1.165) is 27.5 Å². The van der Waals surface area contributed by atoms with E-state index < -0.39 is 5.97 Å². The zero-order chi connectivity index (χ0) is 25.5. The normalized spacial score (nSPS) is 10.5. The fraction of sp³-hybridized carbons (Fsp3) is 0.148. The van der Waals surface area contributed by atoms with Crippen LogP contribution in [0.4, 0.5) is 16.2 Å². The predicted octanol–water partition coefficient (Wildman–Crippen LogP) is 5.97. The van der Waals surface area contributed by atoms with Gasteiger partial charge in [-0.15, -0.1) is 11.3 Å². The van der Waals surface area contributed by atoms with Crippen LogP contribution in [0.2, 0.25) is 0 Å². The first-order valence-corrected chi connectivity index (χ1v) is 12.0. The summed E-state index contributed by atoms with van der Waals surface area (Å²) in [6.07, 6.45) is 0.650. The van der Waals surface area contributed by atoms with E-state index in [9.17, 15) is 9.59 Å². The number of urea groups is 1. The van der Waals surface area contributed by atoms with Crippen molar-refractivity contribution in [2.75, 3.05) is 17.7 Å². The standard InChI is InChI=1S/C27H25N3O5S/c1-17-5-3-4-6-22(17)30-27(33)29-20-10-7-18(8-11-20)13-25-28-21(16-36-25)15-35-23-12-9-19(26(31)32)14-24(23)34-2/h3-12,14,16H,13,15H2,1-2H3,(H,31,32)(H2,29,30,33). The minimum atomic E-state index is -1.03. The zero-order valence-corrected chi connectivity index (χ0v) is 20.6. The van der Waals surface area contributed by atoms with Gasteiger partial charge in [0.25, 0.3) is 0 Å². The van der Waals surface area contributed by atoms with E-state index >= 15 is 0 Å². The highest BCUT2D eigenvalue weighted by Crippen LogP contribution is 2.29. The largest absolute Gasteiger partial charge is 0.493 e. The molecule has 0 atom stereocenters. The average Bonchev–Trinajstić information content (AvgIpc) is 3.32. The van der Waals surface area contributed by atoms with Crippen LogP contribution in [0.3, 0.4) is 0 Å². The topological polar surface area (TPSA) is 110 Å². The Bertz CT molecular complexity index is 1370. The highest BCUT2D eigenvalue weighted by atomic mass is 32.1. The van der Waals surface area contributed by atoms with Gasteiger partial charge in [0.15, 0.2) is 11.5 Å². The Kier molecular flexibility index (Phi) is 7.82. The van der Waals surface area contributed by atoms with Crippen molar-refractivity contribution in [3.8, 4) is 11.5 Å². The summed E-state index contributed by atoms with van der Waals surface area (Å²) in [6.45, 7) is 2.17. The molecule has 3 aromatic carbocycles. The first-order valence-electron chi connectivity index (χ1n) is 11.1. The Morgan fingerprint density at radius 3 is 2.50 bits per heavy atom. The van der Waals surface area contributed by atoms with Gasteiger partial charge in [0.05, 0.1) is 23.4 Å². The van der Waals surface area contributed by atoms with Crippen LogP contribution >= 0.6 is 11.3 Å². The molecule has 9 heteroatoms. The van der Waals surface area contributed by atoms with Crippen molar-refractivity contribution in [3.05, 3.63) is 99.5 Å². The number of methoxy groups -OCH3 is 1. The number of aryl methyl sites for hydroxylation is 1. The molecule has 4 aromatic rings. The van der Waals surface area contributed by atoms with Crippen LogP contribution in [-0.4, -0.2) is 29.2 Å². The number of hydrogen-bond acceptors (Lipinski definition) is 6. The molecule has 2 amide bonds. The first-order chi connectivity index (χ1) is 17.4. The molecular formula is C27H25N3O5S. The summed E-state index contributed by atoms with van der Waals surface area (Å²) in [4.78, 5) is 28.0. The molecule has 3 N–H and O–H groups in total. The molecule has 8 nitrogen and oxygen atoms in total.